The SMILES string of the molecule is O=C(O)CN(CC(=O)O)[C@H]1CS(=O)(=O)C[C@@H]1O. The maximum absolute atomic E-state index is 11.2. The molecule has 1 saturated heterocycles. The first kappa shape index (κ1) is 13.9. The fourth-order valence-electron chi connectivity index (χ4n) is 1.80. The smallest absolute Gasteiger partial charge is 0.317 e. The summed E-state index contributed by atoms with van der Waals surface area (Å²) in [6, 6.07) is -0.979. The minimum Gasteiger partial charge on any atom is -0.480 e. The minimum atomic E-state index is -3.44. The van der Waals surface area contributed by atoms with Gasteiger partial charge in [0.25, 0.3) is 0 Å². The van der Waals surface area contributed by atoms with E-state index in [1.165, 1.54) is 0 Å². The Morgan fingerprint density at radius 2 is 1.59 bits per heavy atom. The van der Waals surface area contributed by atoms with Crippen LogP contribution in [0.5, 0.6) is 0 Å². The maximum atomic E-state index is 11.2. The van der Waals surface area contributed by atoms with Gasteiger partial charge in [-0.05, 0) is 0 Å². The molecule has 0 saturated carbocycles. The van der Waals surface area contributed by atoms with E-state index < -0.39 is 58.5 Å². The summed E-state index contributed by atoms with van der Waals surface area (Å²) in [7, 11) is -3.44. The van der Waals surface area contributed by atoms with Crippen molar-refractivity contribution in [3.8, 4) is 0 Å². The maximum Gasteiger partial charge on any atom is 0.317 e. The Morgan fingerprint density at radius 3 is 1.88 bits per heavy atom. The van der Waals surface area contributed by atoms with Crippen LogP contribution in [0.1, 0.15) is 0 Å². The monoisotopic (exact) mass is 267 g/mol. The first-order valence-corrected chi connectivity index (χ1v) is 6.59. The molecular weight excluding hydrogens is 254 g/mol. The predicted octanol–water partition coefficient (Wildman–Crippen LogP) is -2.38. The zero-order valence-electron chi connectivity index (χ0n) is 8.81. The Bertz CT molecular complexity index is 402. The van der Waals surface area contributed by atoms with Crippen LogP contribution in [0.25, 0.3) is 0 Å². The largest absolute Gasteiger partial charge is 0.480 e. The molecule has 17 heavy (non-hydrogen) atoms. The molecule has 0 aromatic carbocycles. The molecule has 0 unspecified atom stereocenters. The van der Waals surface area contributed by atoms with Crippen molar-refractivity contribution >= 4 is 21.8 Å². The molecule has 0 amide bonds. The number of carboxylic acid groups (broad SMARTS) is 2. The van der Waals surface area contributed by atoms with Gasteiger partial charge in [-0.1, -0.05) is 0 Å². The fraction of sp³-hybridized carbons (Fsp3) is 0.750. The van der Waals surface area contributed by atoms with Gasteiger partial charge in [-0.15, -0.1) is 0 Å². The minimum absolute atomic E-state index is 0.422. The molecule has 0 aromatic rings. The molecule has 9 heteroatoms. The van der Waals surface area contributed by atoms with Gasteiger partial charge in [-0.3, -0.25) is 14.5 Å². The van der Waals surface area contributed by atoms with E-state index in [0.717, 1.165) is 4.90 Å². The summed E-state index contributed by atoms with van der Waals surface area (Å²) in [6.07, 6.45) is -1.25. The van der Waals surface area contributed by atoms with Crippen LogP contribution in [0.4, 0.5) is 0 Å². The van der Waals surface area contributed by atoms with Gasteiger partial charge in [0.15, 0.2) is 9.84 Å². The van der Waals surface area contributed by atoms with Crippen LogP contribution < -0.4 is 0 Å². The lowest BCUT2D eigenvalue weighted by atomic mass is 10.2. The molecule has 1 heterocycles. The van der Waals surface area contributed by atoms with Gasteiger partial charge in [0.1, 0.15) is 0 Å². The third-order valence-electron chi connectivity index (χ3n) is 2.44. The summed E-state index contributed by atoms with van der Waals surface area (Å²) in [6.45, 7) is -1.24. The number of aliphatic carboxylic acids is 2. The van der Waals surface area contributed by atoms with Crippen molar-refractivity contribution < 1.29 is 33.3 Å². The number of aliphatic hydroxyl groups is 1. The molecule has 8 nitrogen and oxygen atoms in total. The molecule has 1 aliphatic rings. The highest BCUT2D eigenvalue weighted by molar-refractivity contribution is 7.91. The van der Waals surface area contributed by atoms with E-state index in [4.69, 9.17) is 10.2 Å². The van der Waals surface area contributed by atoms with E-state index in [-0.39, 0.29) is 0 Å². The van der Waals surface area contributed by atoms with E-state index in [2.05, 4.69) is 0 Å². The molecule has 0 radical (unpaired) electrons. The highest BCUT2D eigenvalue weighted by atomic mass is 32.2. The van der Waals surface area contributed by atoms with Gasteiger partial charge in [-0.25, -0.2) is 8.42 Å². The summed E-state index contributed by atoms with van der Waals surface area (Å²) in [5.74, 6) is -3.44. The van der Waals surface area contributed by atoms with Crippen molar-refractivity contribution in [3.63, 3.8) is 0 Å². The molecule has 1 rings (SSSR count). The van der Waals surface area contributed by atoms with Gasteiger partial charge in [0.05, 0.1) is 36.7 Å². The van der Waals surface area contributed by atoms with E-state index >= 15 is 0 Å². The molecule has 1 fully saturated rings. The Hall–Kier alpha value is -1.19. The third-order valence-corrected chi connectivity index (χ3v) is 4.14. The van der Waals surface area contributed by atoms with Gasteiger partial charge in [-0.2, -0.15) is 0 Å². The van der Waals surface area contributed by atoms with Crippen molar-refractivity contribution in [3.05, 3.63) is 0 Å². The van der Waals surface area contributed by atoms with Crippen LogP contribution in [0.15, 0.2) is 0 Å². The van der Waals surface area contributed by atoms with Crippen molar-refractivity contribution in [1.29, 1.82) is 0 Å². The lowest BCUT2D eigenvalue weighted by molar-refractivity contribution is -0.143. The molecule has 0 spiro atoms. The number of hydrogen-bond donors (Lipinski definition) is 3. The number of nitrogens with zero attached hydrogens (tertiary/aromatic N) is 1. The number of sulfone groups is 1. The molecular formula is C8H13NO7S. The average molecular weight is 267 g/mol. The standard InChI is InChI=1S/C8H13NO7S/c10-6-4-17(15,16)3-5(6)9(1-7(11)12)2-8(13)14/h5-6,10H,1-4H2,(H,11,12)(H,13,14)/t5-,6-/m0/s1. The zero-order chi connectivity index (χ0) is 13.2. The van der Waals surface area contributed by atoms with Crippen molar-refractivity contribution in [2.24, 2.45) is 0 Å². The number of carboxylic acids is 2. The highest BCUT2D eigenvalue weighted by Gasteiger charge is 2.41. The van der Waals surface area contributed by atoms with Crippen molar-refractivity contribution in [2.45, 2.75) is 12.1 Å². The van der Waals surface area contributed by atoms with Crippen LogP contribution >= 0.6 is 0 Å². The van der Waals surface area contributed by atoms with Crippen molar-refractivity contribution in [1.82, 2.24) is 4.90 Å². The molecule has 0 bridgehead atoms. The number of rotatable bonds is 5. The summed E-state index contributed by atoms with van der Waals surface area (Å²) in [5, 5.41) is 26.7. The summed E-state index contributed by atoms with van der Waals surface area (Å²) in [4.78, 5) is 22.0. The van der Waals surface area contributed by atoms with Gasteiger partial charge >= 0.3 is 11.9 Å². The first-order valence-electron chi connectivity index (χ1n) is 4.77. The average Bonchev–Trinajstić information content (AvgIpc) is 2.36. The second kappa shape index (κ2) is 4.98. The summed E-state index contributed by atoms with van der Waals surface area (Å²) < 4.78 is 22.5. The number of hydrogen-bond acceptors (Lipinski definition) is 6. The van der Waals surface area contributed by atoms with Gasteiger partial charge in [0.2, 0.25) is 0 Å². The molecule has 0 aromatic heterocycles. The molecule has 1 aliphatic heterocycles. The second-order valence-corrected chi connectivity index (χ2v) is 6.06. The fourth-order valence-corrected chi connectivity index (χ4v) is 3.63. The van der Waals surface area contributed by atoms with E-state index in [1.54, 1.807) is 0 Å². The van der Waals surface area contributed by atoms with Crippen LogP contribution in [0.2, 0.25) is 0 Å². The van der Waals surface area contributed by atoms with Gasteiger partial charge < -0.3 is 15.3 Å². The Morgan fingerprint density at radius 1 is 1.12 bits per heavy atom. The van der Waals surface area contributed by atoms with Crippen LogP contribution in [-0.2, 0) is 19.4 Å². The van der Waals surface area contributed by atoms with Crippen LogP contribution in [0, 0.1) is 0 Å². The van der Waals surface area contributed by atoms with E-state index in [0.29, 0.717) is 0 Å². The van der Waals surface area contributed by atoms with Crippen LogP contribution in [-0.4, -0.2) is 77.3 Å². The first-order chi connectivity index (χ1) is 7.71. The molecule has 98 valence electrons. The molecule has 2 atom stereocenters. The van der Waals surface area contributed by atoms with Crippen molar-refractivity contribution in [2.75, 3.05) is 24.6 Å². The number of carbonyl (C=O) groups is 2. The lowest BCUT2D eigenvalue weighted by Crippen LogP contribution is -2.47. The third kappa shape index (κ3) is 3.95. The van der Waals surface area contributed by atoms with E-state index in [9.17, 15) is 23.1 Å². The second-order valence-electron chi connectivity index (χ2n) is 3.90. The Kier molecular flexibility index (Phi) is 4.07. The summed E-state index contributed by atoms with van der Waals surface area (Å²) >= 11 is 0. The molecule has 0 aliphatic carbocycles. The van der Waals surface area contributed by atoms with Crippen LogP contribution in [0.3, 0.4) is 0 Å². The highest BCUT2D eigenvalue weighted by Crippen LogP contribution is 2.18. The lowest BCUT2D eigenvalue weighted by Gasteiger charge is -2.26. The normalized spacial score (nSPS) is 27.2. The Labute approximate surface area is 97.4 Å². The summed E-state index contributed by atoms with van der Waals surface area (Å²) in [5.41, 5.74) is 0. The number of aliphatic hydroxyl groups excluding tert-OH is 1. The zero-order valence-corrected chi connectivity index (χ0v) is 9.63. The predicted molar refractivity (Wildman–Crippen MR) is 55.3 cm³/mol. The van der Waals surface area contributed by atoms with E-state index in [1.807, 2.05) is 0 Å². The molecule has 3 N–H and O–H groups in total. The quantitative estimate of drug-likeness (QED) is 0.503. The Balaban J connectivity index is 2.83. The van der Waals surface area contributed by atoms with Gasteiger partial charge in [0, 0.05) is 0 Å². The topological polar surface area (TPSA) is 132 Å².